The van der Waals surface area contributed by atoms with Crippen LogP contribution in [0.5, 0.6) is 0 Å². The summed E-state index contributed by atoms with van der Waals surface area (Å²) in [6, 6.07) is -7.39. The highest BCUT2D eigenvalue weighted by molar-refractivity contribution is 5.74. The van der Waals surface area contributed by atoms with Gasteiger partial charge in [0.25, 0.3) is 0 Å². The second kappa shape index (κ2) is 39.8. The number of nitrogens with one attached hydrogen (secondary N) is 4. The molecule has 8 heterocycles. The Morgan fingerprint density at radius 1 is 0.330 bits per heavy atom. The summed E-state index contributed by atoms with van der Waals surface area (Å²) in [7, 11) is 0. The Morgan fingerprint density at radius 3 is 1.16 bits per heavy atom. The molecule has 0 aromatic carbocycles. The van der Waals surface area contributed by atoms with E-state index in [2.05, 4.69) is 21.3 Å². The Labute approximate surface area is 620 Å². The number of amides is 4. The van der Waals surface area contributed by atoms with Gasteiger partial charge in [-0.05, 0) is 20.8 Å². The molecule has 0 spiro atoms. The lowest BCUT2D eigenvalue weighted by atomic mass is 9.93. The molecule has 8 saturated heterocycles. The number of hydrogen-bond donors (Lipinski definition) is 27. The summed E-state index contributed by atoms with van der Waals surface area (Å²) < 4.78 is 97.0. The maximum absolute atomic E-state index is 13.7. The van der Waals surface area contributed by atoms with Crippen LogP contribution in [0, 0.1) is 0 Å². The molecule has 632 valence electrons. The second-order valence-corrected chi connectivity index (χ2v) is 27.9. The molecule has 47 nitrogen and oxygen atoms in total. The van der Waals surface area contributed by atoms with Gasteiger partial charge in [-0.3, -0.25) is 19.2 Å². The fourth-order valence-electron chi connectivity index (χ4n) is 13.9. The van der Waals surface area contributed by atoms with Crippen molar-refractivity contribution < 1.29 is 212 Å². The zero-order chi connectivity index (χ0) is 80.8. The molecule has 8 aliphatic rings. The van der Waals surface area contributed by atoms with Crippen molar-refractivity contribution in [2.24, 2.45) is 0 Å². The van der Waals surface area contributed by atoms with Crippen molar-refractivity contribution in [1.29, 1.82) is 0 Å². The van der Waals surface area contributed by atoms with Gasteiger partial charge in [-0.25, -0.2) is 0 Å². The van der Waals surface area contributed by atoms with Gasteiger partial charge >= 0.3 is 0 Å². The summed E-state index contributed by atoms with van der Waals surface area (Å²) in [6.07, 6.45) is -81.0. The van der Waals surface area contributed by atoms with E-state index in [1.165, 1.54) is 20.8 Å². The van der Waals surface area contributed by atoms with Gasteiger partial charge in [0.2, 0.25) is 23.6 Å². The second-order valence-electron chi connectivity index (χ2n) is 27.9. The lowest BCUT2D eigenvalue weighted by Crippen LogP contribution is -2.72. The van der Waals surface area contributed by atoms with E-state index in [0.29, 0.717) is 0 Å². The Bertz CT molecular complexity index is 2860. The number of hydrogen-bond acceptors (Lipinski definition) is 43. The molecule has 8 fully saturated rings. The summed E-state index contributed by atoms with van der Waals surface area (Å²) >= 11 is 0. The van der Waals surface area contributed by atoms with Crippen LogP contribution < -0.4 is 21.3 Å². The maximum Gasteiger partial charge on any atom is 0.217 e. The molecule has 8 rings (SSSR count). The molecule has 4 amide bonds. The van der Waals surface area contributed by atoms with Crippen LogP contribution in [0.1, 0.15) is 48.5 Å². The molecule has 0 aromatic heterocycles. The van der Waals surface area contributed by atoms with Gasteiger partial charge in [0, 0.05) is 27.7 Å². The predicted octanol–water partition coefficient (Wildman–Crippen LogP) is -17.3. The summed E-state index contributed by atoms with van der Waals surface area (Å²) in [5.74, 6) is -3.63. The van der Waals surface area contributed by atoms with Gasteiger partial charge in [0.15, 0.2) is 50.3 Å². The van der Waals surface area contributed by atoms with E-state index in [1.807, 2.05) is 0 Å². The molecule has 47 heteroatoms. The Morgan fingerprint density at radius 2 is 0.697 bits per heavy atom. The number of carbonyl (C=O) groups is 4. The van der Waals surface area contributed by atoms with Crippen molar-refractivity contribution in [1.82, 2.24) is 21.3 Å². The predicted molar refractivity (Wildman–Crippen MR) is 341 cm³/mol. The lowest BCUT2D eigenvalue weighted by Gasteiger charge is -2.53. The van der Waals surface area contributed by atoms with Crippen LogP contribution in [-0.2, 0) is 95.0 Å². The Hall–Kier alpha value is -3.68. The number of carbonyl (C=O) groups excluding carboxylic acids is 4. The molecular weight excluding hydrogens is 1490 g/mol. The summed E-state index contributed by atoms with van der Waals surface area (Å²) in [5, 5.41) is 266. The molecule has 27 N–H and O–H groups in total. The quantitative estimate of drug-likeness (QED) is 0.0318. The summed E-state index contributed by atoms with van der Waals surface area (Å²) in [4.78, 5) is 51.5. The number of ether oxygens (including phenoxy) is 16. The van der Waals surface area contributed by atoms with Crippen molar-refractivity contribution in [3.8, 4) is 0 Å². The molecular formula is C62H106N4O43. The van der Waals surface area contributed by atoms with Crippen LogP contribution in [0.15, 0.2) is 0 Å². The standard InChI is InChI=1S/C62H106N4O43/c1-15-32(78)41(87)45(91)58(95-15)105-50-28(13-72)102-57(31(66-21(7)76)51(50)106-61-53(44(90)37(83)25(10-69)99-61)108-59-46(92)42(88)33(79)16(2)96-59)107-52-38(84)26(11-70)100-62(54(52)109-60-47(93)43(89)34(80)17(3)97-60)104-49-27(12-71)101-55(30(40(49)86)65-20(6)75)94-14-23(77)35(81)48(22(8-67)63-18(4)73)103-56-29(64-19(5)74)39(85)36(82)24(9-68)98-56/h15-17,22-62,67-72,77-93H,8-14H2,1-7H3,(H,63,73)(H,64,74)(H,65,75)(H,66,76)/t15-,16-,17-,22-,23+,24+,25+,26+,27+,28+,29+,30+,31+,32+,33+,34+,35-,36+,37-,38-,39+,40+,41+,42+,43+,44-,45-,46-,47-,48+,49+,50+,51+,52-,53+,54+,55+,56-,57-,58-,59-,60-,61-,62-/m0/s1. The third-order valence-electron chi connectivity index (χ3n) is 19.9. The molecule has 44 atom stereocenters. The third-order valence-corrected chi connectivity index (χ3v) is 19.9. The van der Waals surface area contributed by atoms with Crippen molar-refractivity contribution >= 4 is 23.6 Å². The molecule has 8 aliphatic heterocycles. The molecule has 0 unspecified atom stereocenters. The largest absolute Gasteiger partial charge is 0.394 e. The number of rotatable bonds is 30. The van der Waals surface area contributed by atoms with E-state index in [9.17, 15) is 137 Å². The first-order valence-electron chi connectivity index (χ1n) is 35.1. The van der Waals surface area contributed by atoms with Gasteiger partial charge in [-0.15, -0.1) is 0 Å². The Balaban J connectivity index is 1.16. The lowest BCUT2D eigenvalue weighted by molar-refractivity contribution is -0.410. The van der Waals surface area contributed by atoms with Crippen LogP contribution >= 0.6 is 0 Å². The highest BCUT2D eigenvalue weighted by Gasteiger charge is 2.61. The van der Waals surface area contributed by atoms with Crippen molar-refractivity contribution in [2.75, 3.05) is 46.2 Å². The van der Waals surface area contributed by atoms with Crippen LogP contribution in [0.4, 0.5) is 0 Å². The van der Waals surface area contributed by atoms with Gasteiger partial charge in [0.05, 0.1) is 70.6 Å². The molecule has 109 heavy (non-hydrogen) atoms. The smallest absolute Gasteiger partial charge is 0.217 e. The normalized spacial score (nSPS) is 46.9. The first-order chi connectivity index (χ1) is 51.4. The molecule has 0 saturated carbocycles. The van der Waals surface area contributed by atoms with E-state index in [1.54, 1.807) is 0 Å². The van der Waals surface area contributed by atoms with Crippen LogP contribution in [0.3, 0.4) is 0 Å². The summed E-state index contributed by atoms with van der Waals surface area (Å²) in [5.41, 5.74) is 0. The average Bonchev–Trinajstić information content (AvgIpc) is 0.754. The SMILES string of the molecule is CC(=O)N[C@H]1[C@H](OC[C@@H](O)[C@H](O)[C@H](O[C@@H]2O[C@H](CO)[C@@H](O)[C@H](O)[C@H]2NC(C)=O)[C@H](CO)NC(C)=O)O[C@H](CO)[C@@H](O[C@@H]2O[C@H](CO)[C@H](O)[C@H](O[C@@H]3O[C@H](CO)[C@@H](O[C@@H]4O[C@@H](C)[C@@H](O)[C@@H](O)[C@@H]4O)[C@H](O[C@@H]4O[C@H](CO)[C@H](O)[C@H](O)[C@H]4O[C@@H]4O[C@@H](C)[C@@H](O)[C@@H](O)[C@@H]4O)[C@H]3NC(C)=O)[C@H]2O[C@@H]2O[C@@H](C)[C@@H](O)[C@@H](O)[C@@H]2O)[C@@H]1O. The van der Waals surface area contributed by atoms with Gasteiger partial charge < -0.3 is 215 Å². The topological polar surface area (TPSA) is 729 Å². The van der Waals surface area contributed by atoms with Crippen LogP contribution in [0.25, 0.3) is 0 Å². The van der Waals surface area contributed by atoms with E-state index in [4.69, 9.17) is 75.8 Å². The molecule has 0 bridgehead atoms. The zero-order valence-corrected chi connectivity index (χ0v) is 59.8. The first-order valence-corrected chi connectivity index (χ1v) is 35.1. The van der Waals surface area contributed by atoms with Crippen LogP contribution in [0.2, 0.25) is 0 Å². The molecule has 0 aromatic rings. The monoisotopic (exact) mass is 1590 g/mol. The number of aliphatic hydroxyl groups excluding tert-OH is 23. The first kappa shape index (κ1) is 90.9. The molecule has 0 radical (unpaired) electrons. The van der Waals surface area contributed by atoms with Crippen molar-refractivity contribution in [2.45, 2.75) is 318 Å². The van der Waals surface area contributed by atoms with Crippen molar-refractivity contribution in [3.63, 3.8) is 0 Å². The van der Waals surface area contributed by atoms with E-state index >= 15 is 0 Å². The zero-order valence-electron chi connectivity index (χ0n) is 59.8. The molecule has 0 aliphatic carbocycles. The average molecular weight is 1600 g/mol. The minimum Gasteiger partial charge on any atom is -0.394 e. The fraction of sp³-hybridized carbons (Fsp3) is 0.935. The minimum atomic E-state index is -2.36. The fourth-order valence-corrected chi connectivity index (χ4v) is 13.9. The Kier molecular flexibility index (Phi) is 33.2. The minimum absolute atomic E-state index is 0.812. The van der Waals surface area contributed by atoms with E-state index in [-0.39, 0.29) is 0 Å². The highest BCUT2D eigenvalue weighted by atomic mass is 16.8. The highest BCUT2D eigenvalue weighted by Crippen LogP contribution is 2.41. The maximum atomic E-state index is 13.7. The van der Waals surface area contributed by atoms with E-state index < -0.39 is 340 Å². The summed E-state index contributed by atoms with van der Waals surface area (Å²) in [6.45, 7) is -0.302. The van der Waals surface area contributed by atoms with Gasteiger partial charge in [0.1, 0.15) is 195 Å². The third kappa shape index (κ3) is 20.8. The van der Waals surface area contributed by atoms with Crippen molar-refractivity contribution in [3.05, 3.63) is 0 Å². The van der Waals surface area contributed by atoms with Gasteiger partial charge in [-0.2, -0.15) is 0 Å². The number of aliphatic hydroxyl groups is 23. The van der Waals surface area contributed by atoms with E-state index in [0.717, 1.165) is 27.7 Å². The van der Waals surface area contributed by atoms with Crippen LogP contribution in [-0.4, -0.2) is 457 Å². The van der Waals surface area contributed by atoms with Gasteiger partial charge in [-0.1, -0.05) is 0 Å².